The molecule has 0 amide bonds. The van der Waals surface area contributed by atoms with Crippen molar-refractivity contribution in [1.82, 2.24) is 0 Å². The normalized spacial score (nSPS) is 19.0. The SMILES string of the molecule is CCCCCCCCCCCCCC(=O)OC1(C(=O)CCCCCCCCCCCCC)[C@@](OC(=O)CCCCCCCCCCCCC)(C(=O)CCCCCCCCCCCCC)[C@@H](O)C(O)[C@@H](O)[C@@]1(OC(=O)CCCCCCCCCCCCC)C(=O)CCCCCCCCCCCCC. The Morgan fingerprint density at radius 2 is 0.353 bits per heavy atom. The van der Waals surface area contributed by atoms with Gasteiger partial charge in [0.05, 0.1) is 0 Å². The molecule has 0 heterocycles. The number of carbonyl (C=O) groups excluding carboxylic acids is 6. The predicted molar refractivity (Wildman–Crippen MR) is 426 cm³/mol. The molecule has 0 spiro atoms. The third kappa shape index (κ3) is 42.2. The van der Waals surface area contributed by atoms with Gasteiger partial charge in [-0.1, -0.05) is 427 Å². The molecule has 0 saturated heterocycles. The summed E-state index contributed by atoms with van der Waals surface area (Å²) in [5, 5.41) is 39.4. The van der Waals surface area contributed by atoms with Crippen molar-refractivity contribution >= 4 is 35.3 Å². The van der Waals surface area contributed by atoms with Crippen LogP contribution in [0.4, 0.5) is 0 Å². The fourth-order valence-electron chi connectivity index (χ4n) is 16.0. The number of ketones is 3. The second-order valence-corrected chi connectivity index (χ2v) is 31.9. The Hall–Kier alpha value is -2.70. The van der Waals surface area contributed by atoms with E-state index in [-0.39, 0.29) is 51.4 Å². The predicted octanol–water partition coefficient (Wildman–Crippen LogP) is 25.8. The first kappa shape index (κ1) is 97.3. The lowest BCUT2D eigenvalue weighted by atomic mass is 9.53. The number of hydrogen-bond donors (Lipinski definition) is 3. The number of unbranched alkanes of at least 4 members (excludes halogenated alkanes) is 60. The van der Waals surface area contributed by atoms with Crippen molar-refractivity contribution in [1.29, 1.82) is 0 Å². The van der Waals surface area contributed by atoms with Crippen molar-refractivity contribution in [3.8, 4) is 0 Å². The van der Waals surface area contributed by atoms with Crippen molar-refractivity contribution in [3.63, 3.8) is 0 Å². The summed E-state index contributed by atoms with van der Waals surface area (Å²) < 4.78 is 20.2. The van der Waals surface area contributed by atoms with Crippen molar-refractivity contribution in [2.24, 2.45) is 0 Å². The molecule has 3 N–H and O–H groups in total. The van der Waals surface area contributed by atoms with E-state index in [0.29, 0.717) is 57.8 Å². The second kappa shape index (κ2) is 67.6. The van der Waals surface area contributed by atoms with Gasteiger partial charge in [0.2, 0.25) is 11.2 Å². The molecular weight excluding hydrogens is 1270 g/mol. The minimum Gasteiger partial charge on any atom is -0.443 e. The fourth-order valence-corrected chi connectivity index (χ4v) is 16.0. The molecule has 0 aromatic heterocycles. The van der Waals surface area contributed by atoms with Gasteiger partial charge in [0.15, 0.2) is 17.3 Å². The molecule has 102 heavy (non-hydrogen) atoms. The van der Waals surface area contributed by atoms with E-state index in [1.54, 1.807) is 0 Å². The summed E-state index contributed by atoms with van der Waals surface area (Å²) in [6.07, 6.45) is 55.6. The van der Waals surface area contributed by atoms with Crippen molar-refractivity contribution < 1.29 is 58.3 Å². The van der Waals surface area contributed by atoms with E-state index in [1.807, 2.05) is 0 Å². The van der Waals surface area contributed by atoms with Crippen molar-refractivity contribution in [2.75, 3.05) is 0 Å². The molecule has 6 atom stereocenters. The van der Waals surface area contributed by atoms with Crippen LogP contribution in [0.3, 0.4) is 0 Å². The van der Waals surface area contributed by atoms with Gasteiger partial charge in [-0.15, -0.1) is 0 Å². The minimum atomic E-state index is -3.44. The third-order valence-electron chi connectivity index (χ3n) is 22.5. The quantitative estimate of drug-likeness (QED) is 0.0297. The van der Waals surface area contributed by atoms with Crippen LogP contribution in [0.1, 0.15) is 504 Å². The zero-order valence-electron chi connectivity index (χ0n) is 68.2. The monoisotopic (exact) mass is 1440 g/mol. The average molecular weight is 1440 g/mol. The van der Waals surface area contributed by atoms with Crippen molar-refractivity contribution in [3.05, 3.63) is 0 Å². The summed E-state index contributed by atoms with van der Waals surface area (Å²) in [7, 11) is 0. The smallest absolute Gasteiger partial charge is 0.307 e. The molecule has 1 aliphatic carbocycles. The lowest BCUT2D eigenvalue weighted by molar-refractivity contribution is -0.324. The van der Waals surface area contributed by atoms with Crippen LogP contribution in [-0.2, 0) is 43.0 Å². The topological polar surface area (TPSA) is 191 Å². The van der Waals surface area contributed by atoms with Gasteiger partial charge in [-0.25, -0.2) is 0 Å². The summed E-state index contributed by atoms with van der Waals surface area (Å²) >= 11 is 0. The first-order chi connectivity index (χ1) is 49.8. The molecule has 12 nitrogen and oxygen atoms in total. The zero-order chi connectivity index (χ0) is 74.7. The first-order valence-corrected chi connectivity index (χ1v) is 45.1. The molecule has 1 fully saturated rings. The van der Waals surface area contributed by atoms with Gasteiger partial charge >= 0.3 is 17.9 Å². The average Bonchev–Trinajstić information content (AvgIpc) is 0.667. The highest BCUT2D eigenvalue weighted by molar-refractivity contribution is 6.10. The number of hydrogen-bond acceptors (Lipinski definition) is 12. The van der Waals surface area contributed by atoms with Crippen LogP contribution in [0, 0.1) is 0 Å². The van der Waals surface area contributed by atoms with Crippen LogP contribution in [0.5, 0.6) is 0 Å². The first-order valence-electron chi connectivity index (χ1n) is 45.1. The van der Waals surface area contributed by atoms with Gasteiger partial charge in [-0.05, 0) is 38.5 Å². The Kier molecular flexibility index (Phi) is 64.5. The molecule has 0 aromatic carbocycles. The van der Waals surface area contributed by atoms with Crippen LogP contribution < -0.4 is 0 Å². The van der Waals surface area contributed by atoms with E-state index in [1.165, 1.54) is 173 Å². The van der Waals surface area contributed by atoms with Gasteiger partial charge in [0.25, 0.3) is 5.60 Å². The number of carbonyl (C=O) groups is 6. The standard InChI is InChI=1S/C90H168O12/c1-7-13-19-25-31-37-43-49-55-61-67-73-79(91)88(100-82(94)76-70-64-58-52-46-40-34-28-22-16-10-4)86(98)85(97)87(99)89(80(92)74-68-62-56-50-44-38-32-26-20-14-8-2,101-83(95)77-71-65-59-53-47-41-35-29-23-17-11-5)90(88,81(93)75-69-63-57-51-45-39-33-27-21-15-9-3)102-84(96)78-72-66-60-54-48-42-36-30-24-18-12-6/h85-87,97-99H,7-78H2,1-6H3/t85?,86-,87+,88+,89-,90?. The number of esters is 3. The highest BCUT2D eigenvalue weighted by atomic mass is 16.7. The molecule has 12 heteroatoms. The minimum absolute atomic E-state index is 0.201. The molecule has 0 radical (unpaired) electrons. The lowest BCUT2D eigenvalue weighted by Crippen LogP contribution is -2.91. The fraction of sp³-hybridized carbons (Fsp3) is 0.933. The number of aliphatic hydroxyl groups is 3. The van der Waals surface area contributed by atoms with Crippen LogP contribution in [0.25, 0.3) is 0 Å². The van der Waals surface area contributed by atoms with Gasteiger partial charge in [0.1, 0.15) is 18.3 Å². The molecule has 2 unspecified atom stereocenters. The van der Waals surface area contributed by atoms with Crippen LogP contribution in [0.2, 0.25) is 0 Å². The maximum absolute atomic E-state index is 16.8. The molecule has 0 aliphatic heterocycles. The maximum Gasteiger partial charge on any atom is 0.307 e. The van der Waals surface area contributed by atoms with Gasteiger partial charge < -0.3 is 29.5 Å². The highest BCUT2D eigenvalue weighted by Gasteiger charge is 2.87. The van der Waals surface area contributed by atoms with Gasteiger partial charge in [-0.2, -0.15) is 0 Å². The Balaban J connectivity index is 4.33. The maximum atomic E-state index is 16.8. The van der Waals surface area contributed by atoms with E-state index in [2.05, 4.69) is 41.5 Å². The molecule has 0 bridgehead atoms. The van der Waals surface area contributed by atoms with Gasteiger partial charge in [0, 0.05) is 38.5 Å². The molecule has 600 valence electrons. The van der Waals surface area contributed by atoms with E-state index >= 15 is 28.8 Å². The Bertz CT molecular complexity index is 1890. The molecule has 1 saturated carbocycles. The summed E-state index contributed by atoms with van der Waals surface area (Å²) in [6, 6.07) is 0. The Morgan fingerprint density at radius 3 is 0.539 bits per heavy atom. The van der Waals surface area contributed by atoms with E-state index < -0.39 is 76.8 Å². The van der Waals surface area contributed by atoms with Crippen LogP contribution >= 0.6 is 0 Å². The summed E-state index contributed by atoms with van der Waals surface area (Å²) in [4.78, 5) is 95.8. The van der Waals surface area contributed by atoms with E-state index in [0.717, 1.165) is 173 Å². The Labute approximate surface area is 629 Å². The second-order valence-electron chi connectivity index (χ2n) is 31.9. The van der Waals surface area contributed by atoms with E-state index in [9.17, 15) is 15.3 Å². The molecule has 1 rings (SSSR count). The molecule has 0 aromatic rings. The van der Waals surface area contributed by atoms with E-state index in [4.69, 9.17) is 14.2 Å². The number of rotatable bonds is 78. The van der Waals surface area contributed by atoms with Gasteiger partial charge in [-0.3, -0.25) is 28.8 Å². The summed E-state index contributed by atoms with van der Waals surface area (Å²) in [5.41, 5.74) is -10.1. The molecular formula is C90H168O12. The Morgan fingerprint density at radius 1 is 0.206 bits per heavy atom. The number of ether oxygens (including phenoxy) is 3. The third-order valence-corrected chi connectivity index (χ3v) is 22.5. The summed E-state index contributed by atoms with van der Waals surface area (Å²) in [6.45, 7) is 13.3. The van der Waals surface area contributed by atoms with Crippen LogP contribution in [-0.4, -0.2) is 85.7 Å². The highest BCUT2D eigenvalue weighted by Crippen LogP contribution is 2.55. The zero-order valence-corrected chi connectivity index (χ0v) is 68.2. The molecule has 1 aliphatic rings. The largest absolute Gasteiger partial charge is 0.443 e. The van der Waals surface area contributed by atoms with Crippen LogP contribution in [0.15, 0.2) is 0 Å². The van der Waals surface area contributed by atoms with Crippen molar-refractivity contribution in [2.45, 2.75) is 539 Å². The number of aliphatic hydroxyl groups excluding tert-OH is 3. The summed E-state index contributed by atoms with van der Waals surface area (Å²) in [5.74, 6) is -6.02. The lowest BCUT2D eigenvalue weighted by Gasteiger charge is -2.61. The number of Topliss-reactive ketones (excluding diaryl/α,β-unsaturated/α-hetero) is 3.